The second-order valence-electron chi connectivity index (χ2n) is 7.46. The van der Waals surface area contributed by atoms with E-state index in [9.17, 15) is 4.79 Å². The number of nitrogens with zero attached hydrogens (tertiary/aromatic N) is 1. The summed E-state index contributed by atoms with van der Waals surface area (Å²) in [6.45, 7) is 4.00. The van der Waals surface area contributed by atoms with Gasteiger partial charge in [-0.25, -0.2) is 0 Å². The maximum Gasteiger partial charge on any atom is 0.262 e. The average molecular weight is 409 g/mol. The number of ether oxygens (including phenoxy) is 1. The number of carbonyl (C=O) groups is 1. The molecule has 0 saturated carbocycles. The number of hydrogen-bond donors (Lipinski definition) is 1. The number of benzene rings is 4. The van der Waals surface area contributed by atoms with E-state index in [1.165, 1.54) is 5.56 Å². The Kier molecular flexibility index (Phi) is 6.08. The molecule has 154 valence electrons. The molecule has 1 amide bonds. The van der Waals surface area contributed by atoms with E-state index in [1.807, 2.05) is 86.8 Å². The smallest absolute Gasteiger partial charge is 0.262 e. The van der Waals surface area contributed by atoms with Crippen LogP contribution in [0, 0.1) is 13.8 Å². The molecule has 4 aromatic carbocycles. The largest absolute Gasteiger partial charge is 0.484 e. The number of nitrogens with one attached hydrogen (secondary N) is 1. The maximum absolute atomic E-state index is 12.2. The molecule has 0 aliphatic rings. The first-order valence-electron chi connectivity index (χ1n) is 10.2. The van der Waals surface area contributed by atoms with E-state index in [-0.39, 0.29) is 12.5 Å². The van der Waals surface area contributed by atoms with Crippen LogP contribution in [0.15, 0.2) is 89.9 Å². The molecular weight excluding hydrogens is 384 g/mol. The SMILES string of the molecule is Cc1ccc(NC(=O)COc2cccc(C=Nc3cccc4ccccc34)c2)cc1C. The summed E-state index contributed by atoms with van der Waals surface area (Å²) < 4.78 is 5.68. The van der Waals surface area contributed by atoms with Gasteiger partial charge in [-0.15, -0.1) is 0 Å². The summed E-state index contributed by atoms with van der Waals surface area (Å²) in [6, 6.07) is 27.6. The monoisotopic (exact) mass is 408 g/mol. The van der Waals surface area contributed by atoms with Gasteiger partial charge >= 0.3 is 0 Å². The van der Waals surface area contributed by atoms with Crippen molar-refractivity contribution in [3.05, 3.63) is 102 Å². The molecule has 0 atom stereocenters. The summed E-state index contributed by atoms with van der Waals surface area (Å²) in [6.07, 6.45) is 1.81. The van der Waals surface area contributed by atoms with Crippen LogP contribution in [-0.4, -0.2) is 18.7 Å². The van der Waals surface area contributed by atoms with E-state index in [1.54, 1.807) is 0 Å². The molecule has 4 nitrogen and oxygen atoms in total. The van der Waals surface area contributed by atoms with E-state index in [4.69, 9.17) is 4.74 Å². The number of aryl methyl sites for hydroxylation is 2. The van der Waals surface area contributed by atoms with Crippen molar-refractivity contribution in [3.63, 3.8) is 0 Å². The van der Waals surface area contributed by atoms with Crippen molar-refractivity contribution in [2.45, 2.75) is 13.8 Å². The number of rotatable bonds is 6. The standard InChI is InChI=1S/C27H24N2O2/c1-19-13-14-23(15-20(19)2)29-27(30)18-31-24-10-5-7-21(16-24)17-28-26-12-6-9-22-8-3-4-11-25(22)26/h3-17H,18H2,1-2H3,(H,29,30). The Labute approximate surface area is 182 Å². The van der Waals surface area contributed by atoms with Gasteiger partial charge in [0, 0.05) is 17.3 Å². The summed E-state index contributed by atoms with van der Waals surface area (Å²) in [5.41, 5.74) is 4.91. The minimum Gasteiger partial charge on any atom is -0.484 e. The van der Waals surface area contributed by atoms with Crippen LogP contribution < -0.4 is 10.1 Å². The first-order valence-corrected chi connectivity index (χ1v) is 10.2. The van der Waals surface area contributed by atoms with Crippen LogP contribution in [-0.2, 0) is 4.79 Å². The van der Waals surface area contributed by atoms with Gasteiger partial charge < -0.3 is 10.1 Å². The minimum atomic E-state index is -0.196. The van der Waals surface area contributed by atoms with Gasteiger partial charge in [-0.3, -0.25) is 9.79 Å². The first kappa shape index (κ1) is 20.4. The molecule has 4 heteroatoms. The highest BCUT2D eigenvalue weighted by Crippen LogP contribution is 2.25. The average Bonchev–Trinajstić information content (AvgIpc) is 2.79. The van der Waals surface area contributed by atoms with Gasteiger partial charge in [0.15, 0.2) is 6.61 Å². The summed E-state index contributed by atoms with van der Waals surface area (Å²) in [5.74, 6) is 0.426. The van der Waals surface area contributed by atoms with E-state index in [2.05, 4.69) is 28.5 Å². The van der Waals surface area contributed by atoms with Gasteiger partial charge in [0.1, 0.15) is 5.75 Å². The zero-order chi connectivity index (χ0) is 21.6. The van der Waals surface area contributed by atoms with Crippen LogP contribution in [0.1, 0.15) is 16.7 Å². The Hall–Kier alpha value is -3.92. The lowest BCUT2D eigenvalue weighted by atomic mass is 10.1. The van der Waals surface area contributed by atoms with E-state index >= 15 is 0 Å². The number of amides is 1. The molecule has 0 aliphatic carbocycles. The fraction of sp³-hybridized carbons (Fsp3) is 0.111. The van der Waals surface area contributed by atoms with Crippen LogP contribution in [0.5, 0.6) is 5.75 Å². The van der Waals surface area contributed by atoms with Crippen molar-refractivity contribution >= 4 is 34.3 Å². The minimum absolute atomic E-state index is 0.0587. The van der Waals surface area contributed by atoms with Gasteiger partial charge in [0.2, 0.25) is 0 Å². The molecule has 0 aromatic heterocycles. The fourth-order valence-corrected chi connectivity index (χ4v) is 3.31. The lowest BCUT2D eigenvalue weighted by Crippen LogP contribution is -2.20. The summed E-state index contributed by atoms with van der Waals surface area (Å²) in [5, 5.41) is 5.13. The van der Waals surface area contributed by atoms with Crippen LogP contribution in [0.25, 0.3) is 10.8 Å². The molecule has 0 saturated heterocycles. The summed E-state index contributed by atoms with van der Waals surface area (Å²) >= 11 is 0. The second kappa shape index (κ2) is 9.26. The second-order valence-corrected chi connectivity index (χ2v) is 7.46. The Balaban J connectivity index is 1.40. The van der Waals surface area contributed by atoms with Gasteiger partial charge in [-0.05, 0) is 66.3 Å². The Morgan fingerprint density at radius 3 is 2.58 bits per heavy atom. The van der Waals surface area contributed by atoms with E-state index in [0.29, 0.717) is 5.75 Å². The molecule has 4 rings (SSSR count). The Bertz CT molecular complexity index is 1260. The van der Waals surface area contributed by atoms with Crippen LogP contribution in [0.2, 0.25) is 0 Å². The van der Waals surface area contributed by atoms with Crippen LogP contribution in [0.4, 0.5) is 11.4 Å². The van der Waals surface area contributed by atoms with Gasteiger partial charge in [0.25, 0.3) is 5.91 Å². The van der Waals surface area contributed by atoms with Crippen LogP contribution in [0.3, 0.4) is 0 Å². The summed E-state index contributed by atoms with van der Waals surface area (Å²) in [4.78, 5) is 16.9. The third kappa shape index (κ3) is 5.17. The molecular formula is C27H24N2O2. The normalized spacial score (nSPS) is 11.0. The fourth-order valence-electron chi connectivity index (χ4n) is 3.31. The quantitative estimate of drug-likeness (QED) is 0.385. The van der Waals surface area contributed by atoms with Crippen molar-refractivity contribution in [1.82, 2.24) is 0 Å². The van der Waals surface area contributed by atoms with Crippen LogP contribution >= 0.6 is 0 Å². The third-order valence-electron chi connectivity index (χ3n) is 5.14. The van der Waals surface area contributed by atoms with Gasteiger partial charge in [-0.1, -0.05) is 54.6 Å². The van der Waals surface area contributed by atoms with Crippen molar-refractivity contribution in [3.8, 4) is 5.75 Å². The predicted octanol–water partition coefficient (Wildman–Crippen LogP) is 6.22. The first-order chi connectivity index (χ1) is 15.1. The van der Waals surface area contributed by atoms with Crippen molar-refractivity contribution < 1.29 is 9.53 Å². The van der Waals surface area contributed by atoms with E-state index in [0.717, 1.165) is 33.3 Å². The zero-order valence-electron chi connectivity index (χ0n) is 17.6. The molecule has 31 heavy (non-hydrogen) atoms. The van der Waals surface area contributed by atoms with Crippen molar-refractivity contribution in [2.75, 3.05) is 11.9 Å². The number of hydrogen-bond acceptors (Lipinski definition) is 3. The lowest BCUT2D eigenvalue weighted by molar-refractivity contribution is -0.118. The number of carbonyl (C=O) groups excluding carboxylic acids is 1. The van der Waals surface area contributed by atoms with Gasteiger partial charge in [-0.2, -0.15) is 0 Å². The molecule has 0 radical (unpaired) electrons. The predicted molar refractivity (Wildman–Crippen MR) is 128 cm³/mol. The number of aliphatic imine (C=N–C) groups is 1. The van der Waals surface area contributed by atoms with E-state index < -0.39 is 0 Å². The molecule has 4 aromatic rings. The Morgan fingerprint density at radius 1 is 0.903 bits per heavy atom. The Morgan fingerprint density at radius 2 is 1.71 bits per heavy atom. The molecule has 0 heterocycles. The summed E-state index contributed by atoms with van der Waals surface area (Å²) in [7, 11) is 0. The maximum atomic E-state index is 12.2. The number of anilines is 1. The molecule has 0 fully saturated rings. The lowest BCUT2D eigenvalue weighted by Gasteiger charge is -2.09. The molecule has 1 N–H and O–H groups in total. The zero-order valence-corrected chi connectivity index (χ0v) is 17.6. The number of fused-ring (bicyclic) bond motifs is 1. The third-order valence-corrected chi connectivity index (χ3v) is 5.14. The van der Waals surface area contributed by atoms with Crippen molar-refractivity contribution in [2.24, 2.45) is 4.99 Å². The molecule has 0 bridgehead atoms. The molecule has 0 unspecified atom stereocenters. The molecule has 0 spiro atoms. The topological polar surface area (TPSA) is 50.7 Å². The van der Waals surface area contributed by atoms with Gasteiger partial charge in [0.05, 0.1) is 5.69 Å². The highest BCUT2D eigenvalue weighted by Gasteiger charge is 2.05. The highest BCUT2D eigenvalue weighted by molar-refractivity contribution is 5.95. The van der Waals surface area contributed by atoms with Crippen molar-refractivity contribution in [1.29, 1.82) is 0 Å². The highest BCUT2D eigenvalue weighted by atomic mass is 16.5. The molecule has 0 aliphatic heterocycles.